The highest BCUT2D eigenvalue weighted by Gasteiger charge is 2.13. The van der Waals surface area contributed by atoms with Crippen molar-refractivity contribution in [3.8, 4) is 0 Å². The summed E-state index contributed by atoms with van der Waals surface area (Å²) < 4.78 is 0. The zero-order chi connectivity index (χ0) is 14.7. The molecule has 0 fully saturated rings. The summed E-state index contributed by atoms with van der Waals surface area (Å²) in [7, 11) is 1.81. The first-order valence-electron chi connectivity index (χ1n) is 6.56. The molecule has 0 spiro atoms. The van der Waals surface area contributed by atoms with Crippen molar-refractivity contribution in [3.63, 3.8) is 0 Å². The molecule has 0 radical (unpaired) electrons. The van der Waals surface area contributed by atoms with Crippen LogP contribution in [-0.2, 0) is 0 Å². The third-order valence-electron chi connectivity index (χ3n) is 3.02. The van der Waals surface area contributed by atoms with Crippen LogP contribution in [0, 0.1) is 6.92 Å². The minimum Gasteiger partial charge on any atom is -0.387 e. The van der Waals surface area contributed by atoms with Gasteiger partial charge in [0.1, 0.15) is 0 Å². The number of nitrogens with one attached hydrogen (secondary N) is 2. The molecule has 0 bridgehead atoms. The minimum absolute atomic E-state index is 0.140. The van der Waals surface area contributed by atoms with Crippen LogP contribution in [0.15, 0.2) is 23.6 Å². The number of aromatic nitrogens is 1. The van der Waals surface area contributed by atoms with Gasteiger partial charge in [0.15, 0.2) is 5.13 Å². The lowest BCUT2D eigenvalue weighted by Gasteiger charge is -2.09. The summed E-state index contributed by atoms with van der Waals surface area (Å²) in [5, 5.41) is 8.53. The lowest BCUT2D eigenvalue weighted by molar-refractivity contribution is 0.102. The van der Waals surface area contributed by atoms with E-state index in [1.807, 2.05) is 37.6 Å². The van der Waals surface area contributed by atoms with E-state index in [0.29, 0.717) is 16.6 Å². The van der Waals surface area contributed by atoms with Gasteiger partial charge in [-0.25, -0.2) is 4.98 Å². The van der Waals surface area contributed by atoms with Gasteiger partial charge in [0.2, 0.25) is 0 Å². The Labute approximate surface area is 123 Å². The summed E-state index contributed by atoms with van der Waals surface area (Å²) in [6, 6.07) is 5.71. The number of rotatable bonds is 4. The van der Waals surface area contributed by atoms with E-state index in [2.05, 4.69) is 29.5 Å². The quantitative estimate of drug-likeness (QED) is 0.898. The Hall–Kier alpha value is -1.88. The van der Waals surface area contributed by atoms with Gasteiger partial charge in [-0.3, -0.25) is 10.1 Å². The van der Waals surface area contributed by atoms with Crippen LogP contribution in [0.25, 0.3) is 0 Å². The first-order chi connectivity index (χ1) is 9.51. The van der Waals surface area contributed by atoms with Crippen molar-refractivity contribution in [1.29, 1.82) is 0 Å². The lowest BCUT2D eigenvalue weighted by atomic mass is 10.1. The molecule has 2 rings (SSSR count). The molecule has 1 heterocycles. The fourth-order valence-corrected chi connectivity index (χ4v) is 2.70. The van der Waals surface area contributed by atoms with Crippen LogP contribution >= 0.6 is 11.3 Å². The molecule has 1 amide bonds. The van der Waals surface area contributed by atoms with Gasteiger partial charge in [0.25, 0.3) is 5.91 Å². The van der Waals surface area contributed by atoms with E-state index in [-0.39, 0.29) is 5.91 Å². The molecule has 0 aliphatic carbocycles. The van der Waals surface area contributed by atoms with Gasteiger partial charge < -0.3 is 5.32 Å². The fourth-order valence-electron chi connectivity index (χ4n) is 1.84. The average molecular weight is 289 g/mol. The monoisotopic (exact) mass is 289 g/mol. The highest BCUT2D eigenvalue weighted by Crippen LogP contribution is 2.23. The Kier molecular flexibility index (Phi) is 4.39. The van der Waals surface area contributed by atoms with Crippen LogP contribution in [-0.4, -0.2) is 17.9 Å². The van der Waals surface area contributed by atoms with Crippen molar-refractivity contribution in [3.05, 3.63) is 40.4 Å². The molecule has 1 aromatic heterocycles. The maximum Gasteiger partial charge on any atom is 0.259 e. The van der Waals surface area contributed by atoms with Crippen molar-refractivity contribution in [1.82, 2.24) is 4.98 Å². The number of hydrogen-bond donors (Lipinski definition) is 2. The van der Waals surface area contributed by atoms with E-state index >= 15 is 0 Å². The fraction of sp³-hybridized carbons (Fsp3) is 0.333. The molecule has 0 atom stereocenters. The van der Waals surface area contributed by atoms with E-state index in [1.165, 1.54) is 11.3 Å². The Morgan fingerprint density at radius 1 is 1.35 bits per heavy atom. The Morgan fingerprint density at radius 3 is 2.70 bits per heavy atom. The van der Waals surface area contributed by atoms with Crippen molar-refractivity contribution < 1.29 is 4.79 Å². The van der Waals surface area contributed by atoms with Crippen LogP contribution in [0.4, 0.5) is 10.8 Å². The number of aryl methyl sites for hydroxylation is 1. The van der Waals surface area contributed by atoms with Gasteiger partial charge in [-0.15, -0.1) is 11.3 Å². The maximum atomic E-state index is 12.3. The number of carbonyl (C=O) groups is 1. The second-order valence-corrected chi connectivity index (χ2v) is 5.84. The predicted molar refractivity (Wildman–Crippen MR) is 84.9 cm³/mol. The summed E-state index contributed by atoms with van der Waals surface area (Å²) in [6.45, 7) is 6.16. The zero-order valence-electron chi connectivity index (χ0n) is 12.2. The van der Waals surface area contributed by atoms with Crippen LogP contribution < -0.4 is 10.6 Å². The number of anilines is 2. The standard InChI is InChI=1S/C15H19N3OS/c1-9(2)13-8-20-15(17-13)18-14(19)11-6-5-10(3)7-12(11)16-4/h5-9,16H,1-4H3,(H,17,18,19). The molecule has 0 unspecified atom stereocenters. The van der Waals surface area contributed by atoms with Gasteiger partial charge in [0.05, 0.1) is 11.3 Å². The zero-order valence-corrected chi connectivity index (χ0v) is 13.0. The van der Waals surface area contributed by atoms with Crippen molar-refractivity contribution >= 4 is 28.1 Å². The van der Waals surface area contributed by atoms with Crippen molar-refractivity contribution in [2.75, 3.05) is 17.7 Å². The first-order valence-corrected chi connectivity index (χ1v) is 7.44. The van der Waals surface area contributed by atoms with E-state index in [4.69, 9.17) is 0 Å². The number of thiazole rings is 1. The van der Waals surface area contributed by atoms with Crippen LogP contribution in [0.3, 0.4) is 0 Å². The van der Waals surface area contributed by atoms with E-state index < -0.39 is 0 Å². The Balaban J connectivity index is 2.19. The number of benzene rings is 1. The molecular weight excluding hydrogens is 270 g/mol. The second kappa shape index (κ2) is 6.05. The summed E-state index contributed by atoms with van der Waals surface area (Å²) >= 11 is 1.45. The molecule has 20 heavy (non-hydrogen) atoms. The smallest absolute Gasteiger partial charge is 0.259 e. The summed E-state index contributed by atoms with van der Waals surface area (Å²) in [5.41, 5.74) is 3.56. The van der Waals surface area contributed by atoms with Gasteiger partial charge in [-0.1, -0.05) is 19.9 Å². The summed E-state index contributed by atoms with van der Waals surface area (Å²) in [4.78, 5) is 16.7. The highest BCUT2D eigenvalue weighted by atomic mass is 32.1. The molecule has 2 aromatic rings. The molecule has 106 valence electrons. The van der Waals surface area contributed by atoms with Crippen molar-refractivity contribution in [2.24, 2.45) is 0 Å². The number of nitrogens with zero attached hydrogens (tertiary/aromatic N) is 1. The number of hydrogen-bond acceptors (Lipinski definition) is 4. The molecule has 0 aliphatic heterocycles. The highest BCUT2D eigenvalue weighted by molar-refractivity contribution is 7.14. The van der Waals surface area contributed by atoms with Crippen LogP contribution in [0.1, 0.15) is 41.4 Å². The molecule has 0 saturated carbocycles. The summed E-state index contributed by atoms with van der Waals surface area (Å²) in [6.07, 6.45) is 0. The van der Waals surface area contributed by atoms with Gasteiger partial charge in [-0.2, -0.15) is 0 Å². The maximum absolute atomic E-state index is 12.3. The Morgan fingerprint density at radius 2 is 2.10 bits per heavy atom. The van der Waals surface area contributed by atoms with Gasteiger partial charge >= 0.3 is 0 Å². The second-order valence-electron chi connectivity index (χ2n) is 4.99. The van der Waals surface area contributed by atoms with Gasteiger partial charge in [0, 0.05) is 18.1 Å². The van der Waals surface area contributed by atoms with E-state index in [9.17, 15) is 4.79 Å². The topological polar surface area (TPSA) is 54.0 Å². The predicted octanol–water partition coefficient (Wildman–Crippen LogP) is 3.87. The third kappa shape index (κ3) is 3.17. The molecular formula is C15H19N3OS. The first kappa shape index (κ1) is 14.5. The van der Waals surface area contributed by atoms with Gasteiger partial charge in [-0.05, 0) is 30.5 Å². The molecule has 0 saturated heterocycles. The van der Waals surface area contributed by atoms with E-state index in [1.54, 1.807) is 0 Å². The molecule has 2 N–H and O–H groups in total. The largest absolute Gasteiger partial charge is 0.387 e. The normalized spacial score (nSPS) is 10.7. The molecule has 5 heteroatoms. The summed E-state index contributed by atoms with van der Waals surface area (Å²) in [5.74, 6) is 0.225. The Bertz CT molecular complexity index is 619. The number of amides is 1. The third-order valence-corrected chi connectivity index (χ3v) is 3.80. The molecule has 4 nitrogen and oxygen atoms in total. The van der Waals surface area contributed by atoms with E-state index in [0.717, 1.165) is 16.9 Å². The van der Waals surface area contributed by atoms with Crippen LogP contribution in [0.5, 0.6) is 0 Å². The lowest BCUT2D eigenvalue weighted by Crippen LogP contribution is -2.14. The minimum atomic E-state index is -0.140. The average Bonchev–Trinajstić information content (AvgIpc) is 2.87. The molecule has 1 aromatic carbocycles. The van der Waals surface area contributed by atoms with Crippen molar-refractivity contribution in [2.45, 2.75) is 26.7 Å². The SMILES string of the molecule is CNc1cc(C)ccc1C(=O)Nc1nc(C(C)C)cs1. The van der Waals surface area contributed by atoms with Crippen LogP contribution in [0.2, 0.25) is 0 Å². The molecule has 0 aliphatic rings. The number of carbonyl (C=O) groups excluding carboxylic acids is 1.